The molecule has 0 aromatic heterocycles. The van der Waals surface area contributed by atoms with Crippen LogP contribution in [0.4, 0.5) is 0 Å². The molecule has 4 heteroatoms. The molecule has 2 rings (SSSR count). The quantitative estimate of drug-likeness (QED) is 0.584. The molecule has 0 radical (unpaired) electrons. The molecule has 1 aromatic rings. The van der Waals surface area contributed by atoms with Crippen molar-refractivity contribution in [2.75, 3.05) is 33.2 Å². The number of piperazine rings is 1. The minimum absolute atomic E-state index is 0.0725. The first-order valence-corrected chi connectivity index (χ1v) is 7.14. The highest BCUT2D eigenvalue weighted by atomic mass is 16.2. The number of likely N-dealkylation sites (N-methyl/N-ethyl adjacent to an activating group) is 1. The minimum atomic E-state index is 0.0725. The smallest absolute Gasteiger partial charge is 0.277 e. The number of amides is 1. The molecule has 4 nitrogen and oxygen atoms in total. The topological polar surface area (TPSA) is 38.0 Å². The molecule has 1 aromatic carbocycles. The van der Waals surface area contributed by atoms with Crippen LogP contribution in [-0.4, -0.2) is 45.2 Å². The van der Waals surface area contributed by atoms with E-state index in [1.54, 1.807) is 11.9 Å². The van der Waals surface area contributed by atoms with Gasteiger partial charge in [-0.3, -0.25) is 4.79 Å². The summed E-state index contributed by atoms with van der Waals surface area (Å²) in [5.74, 6) is 0.154. The van der Waals surface area contributed by atoms with Crippen LogP contribution in [0.1, 0.15) is 12.5 Å². The third kappa shape index (κ3) is 3.78. The number of hydrogen-bond acceptors (Lipinski definition) is 1. The highest BCUT2D eigenvalue weighted by Crippen LogP contribution is 1.95. The van der Waals surface area contributed by atoms with Gasteiger partial charge in [-0.1, -0.05) is 30.3 Å². The van der Waals surface area contributed by atoms with E-state index in [-0.39, 0.29) is 11.9 Å². The summed E-state index contributed by atoms with van der Waals surface area (Å²) < 4.78 is 0. The Morgan fingerprint density at radius 2 is 1.84 bits per heavy atom. The molecule has 19 heavy (non-hydrogen) atoms. The van der Waals surface area contributed by atoms with Gasteiger partial charge in [-0.05, 0) is 6.92 Å². The molecule has 1 fully saturated rings. The summed E-state index contributed by atoms with van der Waals surface area (Å²) in [5.41, 5.74) is 1.40. The summed E-state index contributed by atoms with van der Waals surface area (Å²) in [7, 11) is 1.72. The van der Waals surface area contributed by atoms with Gasteiger partial charge in [-0.25, -0.2) is 0 Å². The zero-order chi connectivity index (χ0) is 13.7. The van der Waals surface area contributed by atoms with Crippen molar-refractivity contribution in [2.45, 2.75) is 19.5 Å². The lowest BCUT2D eigenvalue weighted by molar-refractivity contribution is -1.02. The summed E-state index contributed by atoms with van der Waals surface area (Å²) in [5, 5.41) is 2.75. The van der Waals surface area contributed by atoms with Gasteiger partial charge in [-0.15, -0.1) is 0 Å². The standard InChI is InChI=1S/C15H23N3O/c1-13(15(19)16-2)18-10-8-17(9-11-18)12-14-6-4-3-5-7-14/h3-7,13H,8-12H2,1-2H3,(H,16,19)/p+2/t13-/m1/s1. The Labute approximate surface area is 115 Å². The average molecular weight is 263 g/mol. The van der Waals surface area contributed by atoms with Crippen molar-refractivity contribution in [3.05, 3.63) is 35.9 Å². The first-order chi connectivity index (χ1) is 9.20. The third-order valence-corrected chi connectivity index (χ3v) is 4.15. The van der Waals surface area contributed by atoms with E-state index in [4.69, 9.17) is 0 Å². The van der Waals surface area contributed by atoms with Gasteiger partial charge in [0.15, 0.2) is 6.04 Å². The Morgan fingerprint density at radius 1 is 1.21 bits per heavy atom. The Kier molecular flexibility index (Phi) is 4.93. The predicted octanol–water partition coefficient (Wildman–Crippen LogP) is -1.90. The molecule has 1 heterocycles. The Morgan fingerprint density at radius 3 is 2.42 bits per heavy atom. The van der Waals surface area contributed by atoms with Crippen LogP contribution in [0.2, 0.25) is 0 Å². The molecule has 1 atom stereocenters. The van der Waals surface area contributed by atoms with Crippen LogP contribution in [-0.2, 0) is 11.3 Å². The number of carbonyl (C=O) groups excluding carboxylic acids is 1. The lowest BCUT2D eigenvalue weighted by Crippen LogP contribution is -3.29. The Balaban J connectivity index is 1.81. The molecule has 1 aliphatic rings. The van der Waals surface area contributed by atoms with Gasteiger partial charge in [0.25, 0.3) is 5.91 Å². The first kappa shape index (κ1) is 14.0. The summed E-state index contributed by atoms with van der Waals surface area (Å²) in [6, 6.07) is 10.7. The number of nitrogens with one attached hydrogen (secondary N) is 3. The molecule has 0 saturated carbocycles. The number of carbonyl (C=O) groups is 1. The summed E-state index contributed by atoms with van der Waals surface area (Å²) >= 11 is 0. The average Bonchev–Trinajstić information content (AvgIpc) is 2.47. The molecule has 0 bridgehead atoms. The molecule has 104 valence electrons. The van der Waals surface area contributed by atoms with Crippen LogP contribution in [0, 0.1) is 0 Å². The van der Waals surface area contributed by atoms with Crippen LogP contribution in [0.3, 0.4) is 0 Å². The number of quaternary nitrogens is 2. The fourth-order valence-electron chi connectivity index (χ4n) is 2.82. The number of hydrogen-bond donors (Lipinski definition) is 3. The van der Waals surface area contributed by atoms with Crippen LogP contribution >= 0.6 is 0 Å². The maximum atomic E-state index is 11.6. The van der Waals surface area contributed by atoms with Crippen molar-refractivity contribution in [2.24, 2.45) is 0 Å². The fourth-order valence-corrected chi connectivity index (χ4v) is 2.82. The van der Waals surface area contributed by atoms with Gasteiger partial charge in [0.1, 0.15) is 32.7 Å². The van der Waals surface area contributed by atoms with Crippen LogP contribution < -0.4 is 15.1 Å². The second-order valence-corrected chi connectivity index (χ2v) is 5.41. The minimum Gasteiger partial charge on any atom is -0.354 e. The molecular weight excluding hydrogens is 238 g/mol. The monoisotopic (exact) mass is 263 g/mol. The summed E-state index contributed by atoms with van der Waals surface area (Å²) in [6.07, 6.45) is 0. The lowest BCUT2D eigenvalue weighted by atomic mass is 10.1. The van der Waals surface area contributed by atoms with Crippen LogP contribution in [0.15, 0.2) is 30.3 Å². The molecule has 0 spiro atoms. The molecule has 1 saturated heterocycles. The van der Waals surface area contributed by atoms with Gasteiger partial charge in [0.05, 0.1) is 0 Å². The SMILES string of the molecule is CNC(=O)[C@@H](C)[NH+]1CC[NH+](Cc2ccccc2)CC1. The van der Waals surface area contributed by atoms with Gasteiger partial charge >= 0.3 is 0 Å². The maximum absolute atomic E-state index is 11.6. The lowest BCUT2D eigenvalue weighted by Gasteiger charge is -2.32. The number of benzene rings is 1. The van der Waals surface area contributed by atoms with Crippen LogP contribution in [0.25, 0.3) is 0 Å². The van der Waals surface area contributed by atoms with Gasteiger partial charge in [0, 0.05) is 12.6 Å². The van der Waals surface area contributed by atoms with Crippen molar-refractivity contribution in [1.82, 2.24) is 5.32 Å². The summed E-state index contributed by atoms with van der Waals surface area (Å²) in [4.78, 5) is 14.7. The zero-order valence-electron chi connectivity index (χ0n) is 11.9. The second-order valence-electron chi connectivity index (χ2n) is 5.41. The van der Waals surface area contributed by atoms with Gasteiger partial charge < -0.3 is 15.1 Å². The Bertz CT molecular complexity index is 399. The van der Waals surface area contributed by atoms with Crippen molar-refractivity contribution in [3.8, 4) is 0 Å². The third-order valence-electron chi connectivity index (χ3n) is 4.15. The summed E-state index contributed by atoms with van der Waals surface area (Å²) in [6.45, 7) is 7.57. The van der Waals surface area contributed by atoms with Crippen molar-refractivity contribution >= 4 is 5.91 Å². The van der Waals surface area contributed by atoms with E-state index in [0.717, 1.165) is 32.7 Å². The predicted molar refractivity (Wildman–Crippen MR) is 75.1 cm³/mol. The van der Waals surface area contributed by atoms with Gasteiger partial charge in [0.2, 0.25) is 0 Å². The maximum Gasteiger partial charge on any atom is 0.277 e. The van der Waals surface area contributed by atoms with E-state index in [1.807, 2.05) is 6.92 Å². The van der Waals surface area contributed by atoms with E-state index < -0.39 is 0 Å². The highest BCUT2D eigenvalue weighted by Gasteiger charge is 2.30. The van der Waals surface area contributed by atoms with Crippen LogP contribution in [0.5, 0.6) is 0 Å². The molecule has 1 amide bonds. The van der Waals surface area contributed by atoms with E-state index >= 15 is 0 Å². The fraction of sp³-hybridized carbons (Fsp3) is 0.533. The number of rotatable bonds is 4. The highest BCUT2D eigenvalue weighted by molar-refractivity contribution is 5.79. The van der Waals surface area contributed by atoms with E-state index in [9.17, 15) is 4.79 Å². The molecule has 0 aliphatic carbocycles. The molecule has 3 N–H and O–H groups in total. The van der Waals surface area contributed by atoms with E-state index in [0.29, 0.717) is 0 Å². The second kappa shape index (κ2) is 6.68. The van der Waals surface area contributed by atoms with E-state index in [2.05, 4.69) is 35.6 Å². The van der Waals surface area contributed by atoms with Crippen molar-refractivity contribution in [1.29, 1.82) is 0 Å². The molecule has 1 aliphatic heterocycles. The molecule has 0 unspecified atom stereocenters. The van der Waals surface area contributed by atoms with Gasteiger partial charge in [-0.2, -0.15) is 0 Å². The first-order valence-electron chi connectivity index (χ1n) is 7.14. The largest absolute Gasteiger partial charge is 0.354 e. The normalized spacial score (nSPS) is 24.7. The van der Waals surface area contributed by atoms with Crippen molar-refractivity contribution in [3.63, 3.8) is 0 Å². The van der Waals surface area contributed by atoms with E-state index in [1.165, 1.54) is 10.5 Å². The van der Waals surface area contributed by atoms with Crippen molar-refractivity contribution < 1.29 is 14.6 Å². The molecular formula is C15H25N3O+2. The zero-order valence-corrected chi connectivity index (χ0v) is 11.9. The Hall–Kier alpha value is -1.39.